The largest absolute Gasteiger partial charge is 0.389 e. The zero-order valence-corrected chi connectivity index (χ0v) is 10.9. The van der Waals surface area contributed by atoms with Crippen molar-refractivity contribution in [2.24, 2.45) is 7.05 Å². The van der Waals surface area contributed by atoms with Crippen molar-refractivity contribution in [3.63, 3.8) is 0 Å². The SMILES string of the molecule is COC1CCC(O)(Cc2cc(C)nn2C)CC1. The number of nitrogens with zero attached hydrogens (tertiary/aromatic N) is 2. The number of hydrogen-bond acceptors (Lipinski definition) is 3. The fourth-order valence-corrected chi connectivity index (χ4v) is 2.71. The molecule has 0 aliphatic heterocycles. The van der Waals surface area contributed by atoms with Crippen LogP contribution in [0.5, 0.6) is 0 Å². The number of hydrogen-bond donors (Lipinski definition) is 1. The zero-order chi connectivity index (χ0) is 12.5. The van der Waals surface area contributed by atoms with Crippen LogP contribution in [0.4, 0.5) is 0 Å². The van der Waals surface area contributed by atoms with Gasteiger partial charge in [0, 0.05) is 26.3 Å². The summed E-state index contributed by atoms with van der Waals surface area (Å²) >= 11 is 0. The van der Waals surface area contributed by atoms with E-state index in [4.69, 9.17) is 4.74 Å². The quantitative estimate of drug-likeness (QED) is 0.870. The van der Waals surface area contributed by atoms with Crippen molar-refractivity contribution in [3.8, 4) is 0 Å². The van der Waals surface area contributed by atoms with Crippen LogP contribution in [0.3, 0.4) is 0 Å². The molecule has 1 fully saturated rings. The van der Waals surface area contributed by atoms with E-state index in [9.17, 15) is 5.11 Å². The molecule has 1 aliphatic rings. The first-order valence-electron chi connectivity index (χ1n) is 6.27. The first-order valence-corrected chi connectivity index (χ1v) is 6.27. The van der Waals surface area contributed by atoms with Gasteiger partial charge in [0.2, 0.25) is 0 Å². The van der Waals surface area contributed by atoms with Crippen LogP contribution in [0.2, 0.25) is 0 Å². The van der Waals surface area contributed by atoms with Crippen molar-refractivity contribution in [1.82, 2.24) is 9.78 Å². The van der Waals surface area contributed by atoms with Gasteiger partial charge in [-0.05, 0) is 38.7 Å². The van der Waals surface area contributed by atoms with Gasteiger partial charge in [-0.25, -0.2) is 0 Å². The van der Waals surface area contributed by atoms with Crippen LogP contribution in [0, 0.1) is 6.92 Å². The Labute approximate surface area is 103 Å². The van der Waals surface area contributed by atoms with Crippen molar-refractivity contribution >= 4 is 0 Å². The maximum atomic E-state index is 10.6. The summed E-state index contributed by atoms with van der Waals surface area (Å²) in [7, 11) is 3.69. The van der Waals surface area contributed by atoms with Crippen molar-refractivity contribution < 1.29 is 9.84 Å². The average Bonchev–Trinajstić information content (AvgIpc) is 2.58. The van der Waals surface area contributed by atoms with E-state index in [0.717, 1.165) is 37.1 Å². The maximum absolute atomic E-state index is 10.6. The van der Waals surface area contributed by atoms with Crippen LogP contribution in [-0.4, -0.2) is 33.7 Å². The Kier molecular flexibility index (Phi) is 3.54. The summed E-state index contributed by atoms with van der Waals surface area (Å²) in [5, 5.41) is 14.9. The minimum Gasteiger partial charge on any atom is -0.389 e. The molecule has 0 unspecified atom stereocenters. The van der Waals surface area contributed by atoms with E-state index in [0.29, 0.717) is 12.5 Å². The lowest BCUT2D eigenvalue weighted by molar-refractivity contribution is -0.0436. The molecule has 2 rings (SSSR count). The second-order valence-corrected chi connectivity index (χ2v) is 5.24. The average molecular weight is 238 g/mol. The normalized spacial score (nSPS) is 29.5. The first kappa shape index (κ1) is 12.6. The Hall–Kier alpha value is -0.870. The maximum Gasteiger partial charge on any atom is 0.0704 e. The second-order valence-electron chi connectivity index (χ2n) is 5.24. The highest BCUT2D eigenvalue weighted by atomic mass is 16.5. The Bertz CT molecular complexity index is 379. The first-order chi connectivity index (χ1) is 8.02. The number of aryl methyl sites for hydroxylation is 2. The molecule has 96 valence electrons. The molecular formula is C13H22N2O2. The Balaban J connectivity index is 2.01. The molecule has 4 nitrogen and oxygen atoms in total. The number of rotatable bonds is 3. The molecule has 0 saturated heterocycles. The molecule has 0 aromatic carbocycles. The van der Waals surface area contributed by atoms with Crippen LogP contribution in [0.1, 0.15) is 37.1 Å². The Morgan fingerprint density at radius 2 is 2.18 bits per heavy atom. The predicted molar refractivity (Wildman–Crippen MR) is 65.9 cm³/mol. The highest BCUT2D eigenvalue weighted by Gasteiger charge is 2.34. The van der Waals surface area contributed by atoms with E-state index in [-0.39, 0.29) is 0 Å². The summed E-state index contributed by atoms with van der Waals surface area (Å²) in [5.41, 5.74) is 1.55. The van der Waals surface area contributed by atoms with Gasteiger partial charge in [-0.3, -0.25) is 4.68 Å². The molecule has 0 bridgehead atoms. The van der Waals surface area contributed by atoms with E-state index in [1.165, 1.54) is 0 Å². The van der Waals surface area contributed by atoms with E-state index >= 15 is 0 Å². The molecule has 17 heavy (non-hydrogen) atoms. The number of methoxy groups -OCH3 is 1. The van der Waals surface area contributed by atoms with Crippen LogP contribution in [0.15, 0.2) is 6.07 Å². The van der Waals surface area contributed by atoms with E-state index in [1.54, 1.807) is 7.11 Å². The molecule has 1 aromatic rings. The lowest BCUT2D eigenvalue weighted by atomic mass is 9.80. The Morgan fingerprint density at radius 3 is 2.65 bits per heavy atom. The summed E-state index contributed by atoms with van der Waals surface area (Å²) in [5.74, 6) is 0. The van der Waals surface area contributed by atoms with Gasteiger partial charge in [0.1, 0.15) is 0 Å². The van der Waals surface area contributed by atoms with Crippen LogP contribution >= 0.6 is 0 Å². The molecule has 1 heterocycles. The fraction of sp³-hybridized carbons (Fsp3) is 0.769. The van der Waals surface area contributed by atoms with Crippen molar-refractivity contribution in [1.29, 1.82) is 0 Å². The molecule has 1 aliphatic carbocycles. The topological polar surface area (TPSA) is 47.3 Å². The van der Waals surface area contributed by atoms with Gasteiger partial charge in [-0.1, -0.05) is 0 Å². The molecular weight excluding hydrogens is 216 g/mol. The van der Waals surface area contributed by atoms with E-state index in [1.807, 2.05) is 18.7 Å². The fourth-order valence-electron chi connectivity index (χ4n) is 2.71. The van der Waals surface area contributed by atoms with Crippen LogP contribution < -0.4 is 0 Å². The standard InChI is InChI=1S/C13H22N2O2/c1-10-8-11(15(2)14-10)9-13(16)6-4-12(17-3)5-7-13/h8,12,16H,4-7,9H2,1-3H3. The third-order valence-electron chi connectivity index (χ3n) is 3.81. The third-order valence-corrected chi connectivity index (χ3v) is 3.81. The lowest BCUT2D eigenvalue weighted by Crippen LogP contribution is -2.38. The second kappa shape index (κ2) is 4.78. The minimum atomic E-state index is -0.574. The van der Waals surface area contributed by atoms with Gasteiger partial charge in [0.15, 0.2) is 0 Å². The molecule has 1 N–H and O–H groups in total. The van der Waals surface area contributed by atoms with E-state index in [2.05, 4.69) is 11.2 Å². The van der Waals surface area contributed by atoms with Crippen molar-refractivity contribution in [2.45, 2.75) is 50.7 Å². The summed E-state index contributed by atoms with van der Waals surface area (Å²) in [4.78, 5) is 0. The van der Waals surface area contributed by atoms with E-state index < -0.39 is 5.60 Å². The van der Waals surface area contributed by atoms with Crippen molar-refractivity contribution in [3.05, 3.63) is 17.5 Å². The van der Waals surface area contributed by atoms with Crippen LogP contribution in [0.25, 0.3) is 0 Å². The van der Waals surface area contributed by atoms with Gasteiger partial charge in [-0.15, -0.1) is 0 Å². The molecule has 0 spiro atoms. The lowest BCUT2D eigenvalue weighted by Gasteiger charge is -2.35. The molecule has 4 heteroatoms. The van der Waals surface area contributed by atoms with Gasteiger partial charge in [0.25, 0.3) is 0 Å². The van der Waals surface area contributed by atoms with Crippen molar-refractivity contribution in [2.75, 3.05) is 7.11 Å². The van der Waals surface area contributed by atoms with Gasteiger partial charge < -0.3 is 9.84 Å². The molecule has 1 saturated carbocycles. The molecule has 0 radical (unpaired) electrons. The minimum absolute atomic E-state index is 0.323. The van der Waals surface area contributed by atoms with Gasteiger partial charge in [0.05, 0.1) is 17.4 Å². The summed E-state index contributed by atoms with van der Waals surface area (Å²) in [6.45, 7) is 1.98. The van der Waals surface area contributed by atoms with Crippen LogP contribution in [-0.2, 0) is 18.2 Å². The molecule has 1 aromatic heterocycles. The Morgan fingerprint density at radius 1 is 1.53 bits per heavy atom. The molecule has 0 atom stereocenters. The predicted octanol–water partition coefficient (Wildman–Crippen LogP) is 1.59. The highest BCUT2D eigenvalue weighted by molar-refractivity contribution is 5.12. The number of ether oxygens (including phenoxy) is 1. The molecule has 0 amide bonds. The van der Waals surface area contributed by atoms with Gasteiger partial charge >= 0.3 is 0 Å². The number of aliphatic hydroxyl groups is 1. The summed E-state index contributed by atoms with van der Waals surface area (Å²) in [6, 6.07) is 2.06. The number of aromatic nitrogens is 2. The third kappa shape index (κ3) is 2.87. The summed E-state index contributed by atoms with van der Waals surface area (Å²) < 4.78 is 7.20. The highest BCUT2D eigenvalue weighted by Crippen LogP contribution is 2.32. The zero-order valence-electron chi connectivity index (χ0n) is 10.9. The van der Waals surface area contributed by atoms with Gasteiger partial charge in [-0.2, -0.15) is 5.10 Å². The monoisotopic (exact) mass is 238 g/mol. The smallest absolute Gasteiger partial charge is 0.0704 e. The summed E-state index contributed by atoms with van der Waals surface area (Å²) in [6.07, 6.45) is 4.54.